The van der Waals surface area contributed by atoms with Crippen LogP contribution < -0.4 is 10.6 Å². The van der Waals surface area contributed by atoms with Gasteiger partial charge in [0.15, 0.2) is 5.13 Å². The number of amides is 1. The zero-order valence-electron chi connectivity index (χ0n) is 11.0. The van der Waals surface area contributed by atoms with Crippen molar-refractivity contribution in [2.24, 2.45) is 11.1 Å². The molecule has 0 unspecified atom stereocenters. The van der Waals surface area contributed by atoms with E-state index in [1.807, 2.05) is 16.5 Å². The Kier molecular flexibility index (Phi) is 3.45. The van der Waals surface area contributed by atoms with E-state index in [1.54, 1.807) is 11.3 Å². The van der Waals surface area contributed by atoms with E-state index in [4.69, 9.17) is 5.73 Å². The lowest BCUT2D eigenvalue weighted by Gasteiger charge is -2.45. The predicted molar refractivity (Wildman–Crippen MR) is 76.2 cm³/mol. The average Bonchev–Trinajstić information content (AvgIpc) is 2.92. The fourth-order valence-corrected chi connectivity index (χ4v) is 3.61. The molecule has 2 fully saturated rings. The average molecular weight is 280 g/mol. The highest BCUT2D eigenvalue weighted by Crippen LogP contribution is 2.41. The third-order valence-corrected chi connectivity index (χ3v) is 5.24. The minimum absolute atomic E-state index is 0.233. The van der Waals surface area contributed by atoms with Crippen molar-refractivity contribution in [3.05, 3.63) is 11.6 Å². The van der Waals surface area contributed by atoms with Crippen LogP contribution in [-0.4, -0.2) is 48.5 Å². The molecular weight excluding hydrogens is 260 g/mol. The summed E-state index contributed by atoms with van der Waals surface area (Å²) in [4.78, 5) is 21.1. The first kappa shape index (κ1) is 12.9. The van der Waals surface area contributed by atoms with Crippen molar-refractivity contribution in [3.8, 4) is 0 Å². The van der Waals surface area contributed by atoms with Gasteiger partial charge in [-0.1, -0.05) is 6.42 Å². The van der Waals surface area contributed by atoms with Crippen molar-refractivity contribution in [2.45, 2.75) is 19.3 Å². The normalized spacial score (nSPS) is 22.2. The third kappa shape index (κ3) is 2.23. The number of hydrogen-bond acceptors (Lipinski definition) is 5. The lowest BCUT2D eigenvalue weighted by molar-refractivity contribution is -0.147. The molecular formula is C13H20N4OS. The van der Waals surface area contributed by atoms with Crippen LogP contribution in [0.15, 0.2) is 11.6 Å². The molecule has 19 heavy (non-hydrogen) atoms. The lowest BCUT2D eigenvalue weighted by atomic mass is 9.67. The number of piperazine rings is 1. The van der Waals surface area contributed by atoms with Crippen LogP contribution in [0.25, 0.3) is 0 Å². The van der Waals surface area contributed by atoms with Gasteiger partial charge in [-0.3, -0.25) is 4.79 Å². The first-order chi connectivity index (χ1) is 9.25. The molecule has 0 spiro atoms. The predicted octanol–water partition coefficient (Wildman–Crippen LogP) is 0.921. The van der Waals surface area contributed by atoms with Crippen LogP contribution in [0.3, 0.4) is 0 Å². The van der Waals surface area contributed by atoms with Crippen molar-refractivity contribution in [2.75, 3.05) is 37.6 Å². The van der Waals surface area contributed by atoms with Crippen LogP contribution >= 0.6 is 11.3 Å². The summed E-state index contributed by atoms with van der Waals surface area (Å²) in [5.41, 5.74) is 5.58. The summed E-state index contributed by atoms with van der Waals surface area (Å²) < 4.78 is 0. The summed E-state index contributed by atoms with van der Waals surface area (Å²) in [6, 6.07) is 0. The van der Waals surface area contributed by atoms with E-state index in [9.17, 15) is 4.79 Å². The fourth-order valence-electron chi connectivity index (χ4n) is 2.92. The molecule has 6 heteroatoms. The lowest BCUT2D eigenvalue weighted by Crippen LogP contribution is -2.57. The summed E-state index contributed by atoms with van der Waals surface area (Å²) in [6.07, 6.45) is 4.90. The van der Waals surface area contributed by atoms with E-state index in [2.05, 4.69) is 9.88 Å². The van der Waals surface area contributed by atoms with E-state index >= 15 is 0 Å². The highest BCUT2D eigenvalue weighted by molar-refractivity contribution is 7.13. The van der Waals surface area contributed by atoms with E-state index in [1.165, 1.54) is 0 Å². The van der Waals surface area contributed by atoms with Crippen LogP contribution in [-0.2, 0) is 4.79 Å². The topological polar surface area (TPSA) is 62.5 Å². The third-order valence-electron chi connectivity index (χ3n) is 4.41. The largest absolute Gasteiger partial charge is 0.345 e. The maximum absolute atomic E-state index is 12.5. The summed E-state index contributed by atoms with van der Waals surface area (Å²) >= 11 is 1.66. The smallest absolute Gasteiger partial charge is 0.230 e. The molecule has 1 saturated heterocycles. The van der Waals surface area contributed by atoms with Crippen LogP contribution in [0.4, 0.5) is 5.13 Å². The van der Waals surface area contributed by atoms with Crippen molar-refractivity contribution in [1.82, 2.24) is 9.88 Å². The molecule has 0 radical (unpaired) electrons. The quantitative estimate of drug-likeness (QED) is 0.894. The van der Waals surface area contributed by atoms with Crippen LogP contribution in [0.2, 0.25) is 0 Å². The van der Waals surface area contributed by atoms with E-state index in [0.29, 0.717) is 6.54 Å². The highest BCUT2D eigenvalue weighted by atomic mass is 32.1. The summed E-state index contributed by atoms with van der Waals surface area (Å²) in [6.45, 7) is 3.83. The Morgan fingerprint density at radius 2 is 2.11 bits per heavy atom. The summed E-state index contributed by atoms with van der Waals surface area (Å²) in [5, 5.41) is 3.05. The maximum Gasteiger partial charge on any atom is 0.230 e. The summed E-state index contributed by atoms with van der Waals surface area (Å²) in [7, 11) is 0. The number of thiazole rings is 1. The van der Waals surface area contributed by atoms with Gasteiger partial charge >= 0.3 is 0 Å². The van der Waals surface area contributed by atoms with Gasteiger partial charge in [-0.25, -0.2) is 4.98 Å². The first-order valence-electron chi connectivity index (χ1n) is 6.89. The fraction of sp³-hybridized carbons (Fsp3) is 0.692. The van der Waals surface area contributed by atoms with Gasteiger partial charge in [-0.15, -0.1) is 11.3 Å². The Morgan fingerprint density at radius 1 is 1.37 bits per heavy atom. The van der Waals surface area contributed by atoms with E-state index in [-0.39, 0.29) is 11.3 Å². The van der Waals surface area contributed by atoms with Crippen molar-refractivity contribution in [3.63, 3.8) is 0 Å². The zero-order chi connectivity index (χ0) is 13.3. The Labute approximate surface area is 117 Å². The minimum Gasteiger partial charge on any atom is -0.345 e. The van der Waals surface area contributed by atoms with E-state index in [0.717, 1.165) is 50.6 Å². The van der Waals surface area contributed by atoms with Crippen LogP contribution in [0.1, 0.15) is 19.3 Å². The molecule has 1 amide bonds. The molecule has 2 heterocycles. The number of carbonyl (C=O) groups is 1. The van der Waals surface area contributed by atoms with Gasteiger partial charge in [-0.05, 0) is 12.8 Å². The number of nitrogens with zero attached hydrogens (tertiary/aromatic N) is 3. The standard InChI is InChI=1S/C13H20N4OS/c14-10-13(2-1-3-13)11(18)16-5-7-17(8-6-16)12-15-4-9-19-12/h4,9H,1-3,5-8,10,14H2. The van der Waals surface area contributed by atoms with Gasteiger partial charge in [0.1, 0.15) is 0 Å². The number of anilines is 1. The molecule has 1 aliphatic carbocycles. The molecule has 1 aromatic rings. The molecule has 0 atom stereocenters. The molecule has 104 valence electrons. The second-order valence-corrected chi connectivity index (χ2v) is 6.30. The Balaban J connectivity index is 1.59. The van der Waals surface area contributed by atoms with Crippen molar-refractivity contribution < 1.29 is 4.79 Å². The van der Waals surface area contributed by atoms with Gasteiger partial charge in [0.2, 0.25) is 5.91 Å². The monoisotopic (exact) mass is 280 g/mol. The van der Waals surface area contributed by atoms with E-state index < -0.39 is 0 Å². The number of carbonyl (C=O) groups excluding carboxylic acids is 1. The van der Waals surface area contributed by atoms with Gasteiger partial charge in [-0.2, -0.15) is 0 Å². The van der Waals surface area contributed by atoms with Gasteiger partial charge in [0.05, 0.1) is 5.41 Å². The van der Waals surface area contributed by atoms with Gasteiger partial charge in [0, 0.05) is 44.3 Å². The number of hydrogen-bond donors (Lipinski definition) is 1. The Bertz CT molecular complexity index is 430. The molecule has 2 aliphatic rings. The molecule has 0 bridgehead atoms. The Hall–Kier alpha value is -1.14. The van der Waals surface area contributed by atoms with Gasteiger partial charge in [0.25, 0.3) is 0 Å². The van der Waals surface area contributed by atoms with Crippen molar-refractivity contribution in [1.29, 1.82) is 0 Å². The molecule has 3 rings (SSSR count). The molecule has 0 aromatic carbocycles. The molecule has 1 aromatic heterocycles. The second-order valence-electron chi connectivity index (χ2n) is 5.43. The molecule has 5 nitrogen and oxygen atoms in total. The minimum atomic E-state index is -0.233. The number of nitrogens with two attached hydrogens (primary N) is 1. The van der Waals surface area contributed by atoms with Crippen molar-refractivity contribution >= 4 is 22.4 Å². The van der Waals surface area contributed by atoms with Crippen LogP contribution in [0.5, 0.6) is 0 Å². The molecule has 1 saturated carbocycles. The highest BCUT2D eigenvalue weighted by Gasteiger charge is 2.45. The SMILES string of the molecule is NCC1(C(=O)N2CCN(c3nccs3)CC2)CCC1. The first-order valence-corrected chi connectivity index (χ1v) is 7.77. The van der Waals surface area contributed by atoms with Gasteiger partial charge < -0.3 is 15.5 Å². The number of aromatic nitrogens is 1. The number of rotatable bonds is 3. The molecule has 2 N–H and O–H groups in total. The molecule has 1 aliphatic heterocycles. The maximum atomic E-state index is 12.5. The summed E-state index contributed by atoms with van der Waals surface area (Å²) in [5.74, 6) is 0.278. The second kappa shape index (κ2) is 5.09. The Morgan fingerprint density at radius 3 is 2.58 bits per heavy atom. The zero-order valence-corrected chi connectivity index (χ0v) is 11.9. The van der Waals surface area contributed by atoms with Crippen LogP contribution in [0, 0.1) is 5.41 Å².